The van der Waals surface area contributed by atoms with Crippen molar-refractivity contribution in [1.82, 2.24) is 19.5 Å². The molecule has 0 aliphatic heterocycles. The Hall–Kier alpha value is -3.63. The third kappa shape index (κ3) is 9.56. The van der Waals surface area contributed by atoms with E-state index >= 15 is 0 Å². The van der Waals surface area contributed by atoms with Gasteiger partial charge in [0.25, 0.3) is 0 Å². The number of nitrogens with zero attached hydrogens (tertiary/aromatic N) is 4. The molecule has 0 aliphatic rings. The monoisotopic (exact) mass is 547 g/mol. The van der Waals surface area contributed by atoms with Gasteiger partial charge in [0.1, 0.15) is 29.5 Å². The Kier molecular flexibility index (Phi) is 9.58. The molecule has 2 aromatic heterocycles. The molecule has 1 aromatic carbocycles. The number of anilines is 1. The first-order valence-electron chi connectivity index (χ1n) is 13.0. The Labute approximate surface area is 227 Å². The topological polar surface area (TPSA) is 91.2 Å². The molecule has 0 saturated carbocycles. The van der Waals surface area contributed by atoms with E-state index in [0.29, 0.717) is 29.4 Å². The largest absolute Gasteiger partial charge is 0.573 e. The number of imidazole rings is 1. The predicted octanol–water partition coefficient (Wildman–Crippen LogP) is 6.74. The molecule has 39 heavy (non-hydrogen) atoms. The summed E-state index contributed by atoms with van der Waals surface area (Å²) in [4.78, 5) is 26.7. The summed E-state index contributed by atoms with van der Waals surface area (Å²) in [5.74, 6) is 0.421. The van der Waals surface area contributed by atoms with Crippen LogP contribution in [-0.2, 0) is 16.0 Å². The number of carbonyl (C=O) groups is 1. The van der Waals surface area contributed by atoms with Crippen molar-refractivity contribution in [3.8, 4) is 23.0 Å². The molecule has 0 saturated heterocycles. The number of benzene rings is 1. The number of hydrogen-bond donors (Lipinski definition) is 1. The van der Waals surface area contributed by atoms with Gasteiger partial charge in [0.05, 0.1) is 5.69 Å². The van der Waals surface area contributed by atoms with Gasteiger partial charge in [-0.1, -0.05) is 27.2 Å². The van der Waals surface area contributed by atoms with Crippen molar-refractivity contribution in [2.75, 3.05) is 5.32 Å². The van der Waals surface area contributed by atoms with Crippen LogP contribution in [0.3, 0.4) is 0 Å². The highest BCUT2D eigenvalue weighted by molar-refractivity contribution is 5.79. The zero-order chi connectivity index (χ0) is 28.8. The van der Waals surface area contributed by atoms with Crippen LogP contribution in [0.5, 0.6) is 5.75 Å². The van der Waals surface area contributed by atoms with Crippen LogP contribution in [0.15, 0.2) is 42.9 Å². The van der Waals surface area contributed by atoms with E-state index in [1.807, 2.05) is 40.7 Å². The van der Waals surface area contributed by atoms with E-state index in [-0.39, 0.29) is 17.6 Å². The molecular formula is C28H36F3N5O3. The maximum Gasteiger partial charge on any atom is 0.573 e. The van der Waals surface area contributed by atoms with Gasteiger partial charge in [0.2, 0.25) is 5.95 Å². The Bertz CT molecular complexity index is 1230. The molecule has 3 rings (SSSR count). The molecule has 0 bridgehead atoms. The molecule has 2 heterocycles. The summed E-state index contributed by atoms with van der Waals surface area (Å²) in [5.41, 5.74) is 1.31. The second-order valence-corrected chi connectivity index (χ2v) is 10.7. The molecule has 212 valence electrons. The molecule has 1 atom stereocenters. The van der Waals surface area contributed by atoms with Gasteiger partial charge in [0, 0.05) is 23.5 Å². The predicted molar refractivity (Wildman–Crippen MR) is 143 cm³/mol. The highest BCUT2D eigenvalue weighted by Gasteiger charge is 2.31. The molecule has 0 spiro atoms. The number of ether oxygens (including phenoxy) is 2. The number of unbranched alkanes of at least 4 members (excludes halogenated alkanes) is 1. The van der Waals surface area contributed by atoms with Crippen LogP contribution in [0.25, 0.3) is 17.2 Å². The summed E-state index contributed by atoms with van der Waals surface area (Å²) in [5, 5.41) is 3.26. The Morgan fingerprint density at radius 1 is 1.10 bits per heavy atom. The van der Waals surface area contributed by atoms with Crippen LogP contribution in [0.4, 0.5) is 19.0 Å². The number of rotatable bonds is 11. The van der Waals surface area contributed by atoms with Crippen LogP contribution in [0.1, 0.15) is 66.5 Å². The van der Waals surface area contributed by atoms with Gasteiger partial charge in [-0.2, -0.15) is 4.98 Å². The number of hydrogen-bond acceptors (Lipinski definition) is 7. The summed E-state index contributed by atoms with van der Waals surface area (Å²) in [6, 6.07) is 6.71. The molecule has 0 radical (unpaired) electrons. The number of alkyl halides is 3. The lowest BCUT2D eigenvalue weighted by molar-refractivity contribution is -0.274. The summed E-state index contributed by atoms with van der Waals surface area (Å²) in [6.45, 7) is 11.6. The van der Waals surface area contributed by atoms with Gasteiger partial charge < -0.3 is 14.8 Å². The molecule has 0 fully saturated rings. The van der Waals surface area contributed by atoms with Crippen LogP contribution < -0.4 is 10.1 Å². The summed E-state index contributed by atoms with van der Waals surface area (Å²) < 4.78 is 48.6. The zero-order valence-electron chi connectivity index (χ0n) is 23.2. The van der Waals surface area contributed by atoms with Crippen molar-refractivity contribution in [3.05, 3.63) is 48.5 Å². The SMILES string of the molecule is CCCCc1cc(N[C@@H](CC(C)C)C(=O)OC(C)(C)C)nc(-n2cnc(-c3ccc(OC(F)(F)F)cc3)c2)n1. The lowest BCUT2D eigenvalue weighted by atomic mass is 10.0. The van der Waals surface area contributed by atoms with Crippen LogP contribution in [0, 0.1) is 5.92 Å². The molecule has 11 heteroatoms. The van der Waals surface area contributed by atoms with E-state index in [2.05, 4.69) is 31.9 Å². The van der Waals surface area contributed by atoms with Gasteiger partial charge in [-0.25, -0.2) is 14.8 Å². The van der Waals surface area contributed by atoms with Crippen molar-refractivity contribution in [2.24, 2.45) is 5.92 Å². The first kappa shape index (κ1) is 29.9. The molecule has 8 nitrogen and oxygen atoms in total. The van der Waals surface area contributed by atoms with Gasteiger partial charge in [-0.05, 0) is 70.2 Å². The zero-order valence-corrected chi connectivity index (χ0v) is 23.2. The number of halogens is 3. The quantitative estimate of drug-likeness (QED) is 0.266. The lowest BCUT2D eigenvalue weighted by Gasteiger charge is -2.26. The number of carbonyl (C=O) groups excluding carboxylic acids is 1. The highest BCUT2D eigenvalue weighted by atomic mass is 19.4. The van der Waals surface area contributed by atoms with Gasteiger partial charge >= 0.3 is 12.3 Å². The number of nitrogens with one attached hydrogen (secondary N) is 1. The van der Waals surface area contributed by atoms with Crippen LogP contribution >= 0.6 is 0 Å². The van der Waals surface area contributed by atoms with Crippen molar-refractivity contribution in [2.45, 2.75) is 85.2 Å². The Morgan fingerprint density at radius 2 is 1.79 bits per heavy atom. The van der Waals surface area contributed by atoms with E-state index in [4.69, 9.17) is 4.74 Å². The first-order chi connectivity index (χ1) is 18.2. The lowest BCUT2D eigenvalue weighted by Crippen LogP contribution is -2.37. The van der Waals surface area contributed by atoms with Crippen molar-refractivity contribution in [1.29, 1.82) is 0 Å². The minimum Gasteiger partial charge on any atom is -0.458 e. The fourth-order valence-electron chi connectivity index (χ4n) is 3.80. The smallest absolute Gasteiger partial charge is 0.458 e. The minimum absolute atomic E-state index is 0.236. The van der Waals surface area contributed by atoms with E-state index in [0.717, 1.165) is 25.0 Å². The third-order valence-electron chi connectivity index (χ3n) is 5.47. The number of aryl methyl sites for hydroxylation is 1. The molecular weight excluding hydrogens is 511 g/mol. The van der Waals surface area contributed by atoms with E-state index < -0.39 is 18.0 Å². The van der Waals surface area contributed by atoms with E-state index in [1.54, 1.807) is 10.8 Å². The average molecular weight is 548 g/mol. The van der Waals surface area contributed by atoms with Crippen molar-refractivity contribution < 1.29 is 27.4 Å². The molecule has 0 unspecified atom stereocenters. The van der Waals surface area contributed by atoms with Gasteiger partial charge in [0.15, 0.2) is 0 Å². The van der Waals surface area contributed by atoms with Gasteiger partial charge in [-0.15, -0.1) is 13.2 Å². The fraction of sp³-hybridized carbons (Fsp3) is 0.500. The first-order valence-corrected chi connectivity index (χ1v) is 13.0. The molecule has 1 N–H and O–H groups in total. The molecule has 3 aromatic rings. The summed E-state index contributed by atoms with van der Waals surface area (Å²) in [6.07, 6.45) is 1.68. The second-order valence-electron chi connectivity index (χ2n) is 10.7. The van der Waals surface area contributed by atoms with E-state index in [1.165, 1.54) is 30.6 Å². The number of aromatic nitrogens is 4. The number of esters is 1. The van der Waals surface area contributed by atoms with Gasteiger partial charge in [-0.3, -0.25) is 4.57 Å². The average Bonchev–Trinajstić information content (AvgIpc) is 3.31. The third-order valence-corrected chi connectivity index (χ3v) is 5.47. The summed E-state index contributed by atoms with van der Waals surface area (Å²) in [7, 11) is 0. The minimum atomic E-state index is -4.76. The van der Waals surface area contributed by atoms with Crippen LogP contribution in [0.2, 0.25) is 0 Å². The van der Waals surface area contributed by atoms with E-state index in [9.17, 15) is 18.0 Å². The normalized spacial score (nSPS) is 12.9. The Balaban J connectivity index is 1.90. The maximum atomic E-state index is 13.0. The van der Waals surface area contributed by atoms with Crippen molar-refractivity contribution >= 4 is 11.8 Å². The standard InChI is InChI=1S/C28H36F3N5O3/c1-7-8-9-20-15-24(34-22(14-18(2)3)25(37)39-27(4,5)6)35-26(33-20)36-16-23(32-17-36)19-10-12-21(13-11-19)38-28(29,30)31/h10-13,15-18,22H,7-9,14H2,1-6H3,(H,33,34,35)/t22-/m0/s1. The maximum absolute atomic E-state index is 13.0. The molecule has 0 aliphatic carbocycles. The second kappa shape index (κ2) is 12.5. The fourth-order valence-corrected chi connectivity index (χ4v) is 3.80. The van der Waals surface area contributed by atoms with Crippen LogP contribution in [-0.4, -0.2) is 43.5 Å². The Morgan fingerprint density at radius 3 is 2.38 bits per heavy atom. The van der Waals surface area contributed by atoms with Crippen molar-refractivity contribution in [3.63, 3.8) is 0 Å². The molecule has 0 amide bonds. The highest BCUT2D eigenvalue weighted by Crippen LogP contribution is 2.26. The summed E-state index contributed by atoms with van der Waals surface area (Å²) >= 11 is 0.